The van der Waals surface area contributed by atoms with E-state index in [0.29, 0.717) is 25.4 Å². The fourth-order valence-electron chi connectivity index (χ4n) is 3.85. The lowest BCUT2D eigenvalue weighted by atomic mass is 9.94. The molecule has 178 valence electrons. The minimum absolute atomic E-state index is 0.120. The zero-order chi connectivity index (χ0) is 24.5. The van der Waals surface area contributed by atoms with E-state index in [1.54, 1.807) is 12.0 Å². The number of methoxy groups -OCH3 is 2. The first-order chi connectivity index (χ1) is 16.4. The van der Waals surface area contributed by atoms with Gasteiger partial charge in [-0.2, -0.15) is 0 Å². The summed E-state index contributed by atoms with van der Waals surface area (Å²) in [5.74, 6) is 0.405. The molecular weight excluding hydrogens is 428 g/mol. The van der Waals surface area contributed by atoms with E-state index < -0.39 is 0 Å². The molecule has 0 fully saturated rings. The van der Waals surface area contributed by atoms with Crippen molar-refractivity contribution in [1.29, 1.82) is 0 Å². The first kappa shape index (κ1) is 24.8. The number of benzene rings is 3. The first-order valence-corrected chi connectivity index (χ1v) is 11.4. The van der Waals surface area contributed by atoms with Crippen LogP contribution in [0.4, 0.5) is 4.79 Å². The highest BCUT2D eigenvalue weighted by molar-refractivity contribution is 5.79. The number of aryl methyl sites for hydroxylation is 1. The third kappa shape index (κ3) is 6.38. The summed E-state index contributed by atoms with van der Waals surface area (Å²) in [5, 5.41) is 3.01. The van der Waals surface area contributed by atoms with Crippen LogP contribution >= 0.6 is 0 Å². The molecule has 3 rings (SSSR count). The zero-order valence-electron chi connectivity index (χ0n) is 20.3. The lowest BCUT2D eigenvalue weighted by Gasteiger charge is -2.24. The van der Waals surface area contributed by atoms with Crippen molar-refractivity contribution >= 4 is 12.0 Å². The summed E-state index contributed by atoms with van der Waals surface area (Å²) in [6.07, 6.45) is 0.178. The molecule has 2 amide bonds. The molecule has 6 heteroatoms. The van der Waals surface area contributed by atoms with Gasteiger partial charge in [0.05, 0.1) is 20.6 Å². The van der Waals surface area contributed by atoms with Crippen molar-refractivity contribution < 1.29 is 19.1 Å². The molecule has 1 N–H and O–H groups in total. The third-order valence-corrected chi connectivity index (χ3v) is 5.71. The van der Waals surface area contributed by atoms with Gasteiger partial charge in [0.1, 0.15) is 5.75 Å². The molecule has 0 spiro atoms. The van der Waals surface area contributed by atoms with E-state index in [1.165, 1.54) is 7.11 Å². The summed E-state index contributed by atoms with van der Waals surface area (Å²) in [6.45, 7) is 5.48. The average Bonchev–Trinajstić information content (AvgIpc) is 2.86. The number of urea groups is 1. The molecule has 0 unspecified atom stereocenters. The molecule has 0 aliphatic carbocycles. The monoisotopic (exact) mass is 460 g/mol. The van der Waals surface area contributed by atoms with Gasteiger partial charge < -0.3 is 19.7 Å². The largest absolute Gasteiger partial charge is 0.496 e. The standard InChI is InChI=1S/C28H32N2O4/c1-5-30(28(32)29-18-21-9-7-6-8-10-21)19-23-15-20(2)11-13-24(23)25-16-22(17-27(31)34-4)12-14-26(25)33-3/h6-16H,5,17-19H2,1-4H3,(H,29,32). The van der Waals surface area contributed by atoms with Crippen LogP contribution in [0.2, 0.25) is 0 Å². The number of esters is 1. The highest BCUT2D eigenvalue weighted by atomic mass is 16.5. The van der Waals surface area contributed by atoms with Crippen molar-refractivity contribution in [1.82, 2.24) is 10.2 Å². The number of ether oxygens (including phenoxy) is 2. The fourth-order valence-corrected chi connectivity index (χ4v) is 3.85. The quantitative estimate of drug-likeness (QED) is 0.450. The van der Waals surface area contributed by atoms with Crippen molar-refractivity contribution in [2.75, 3.05) is 20.8 Å². The summed E-state index contributed by atoms with van der Waals surface area (Å²) in [7, 11) is 3.01. The molecule has 3 aromatic rings. The van der Waals surface area contributed by atoms with Crippen molar-refractivity contribution in [3.63, 3.8) is 0 Å². The number of hydrogen-bond acceptors (Lipinski definition) is 4. The second-order valence-electron chi connectivity index (χ2n) is 8.11. The number of carbonyl (C=O) groups is 2. The Morgan fingerprint density at radius 2 is 1.68 bits per heavy atom. The van der Waals surface area contributed by atoms with E-state index >= 15 is 0 Å². The third-order valence-electron chi connectivity index (χ3n) is 5.71. The maximum atomic E-state index is 13.0. The van der Waals surface area contributed by atoms with E-state index in [2.05, 4.69) is 11.4 Å². The summed E-state index contributed by atoms with van der Waals surface area (Å²) in [4.78, 5) is 26.6. The molecule has 0 saturated heterocycles. The molecule has 0 heterocycles. The van der Waals surface area contributed by atoms with Gasteiger partial charge in [-0.05, 0) is 48.2 Å². The molecule has 0 aliphatic heterocycles. The van der Waals surface area contributed by atoms with Crippen LogP contribution in [0, 0.1) is 6.92 Å². The maximum absolute atomic E-state index is 13.0. The zero-order valence-corrected chi connectivity index (χ0v) is 20.3. The van der Waals surface area contributed by atoms with Crippen LogP contribution in [0.15, 0.2) is 66.7 Å². The molecule has 3 aromatic carbocycles. The smallest absolute Gasteiger partial charge is 0.317 e. The van der Waals surface area contributed by atoms with E-state index in [0.717, 1.165) is 33.4 Å². The Hall–Kier alpha value is -3.80. The molecule has 0 saturated carbocycles. The predicted molar refractivity (Wildman–Crippen MR) is 134 cm³/mol. The average molecular weight is 461 g/mol. The van der Waals surface area contributed by atoms with Gasteiger partial charge >= 0.3 is 12.0 Å². The Balaban J connectivity index is 1.88. The van der Waals surface area contributed by atoms with E-state index in [-0.39, 0.29) is 18.4 Å². The minimum Gasteiger partial charge on any atom is -0.496 e. The molecule has 0 atom stereocenters. The summed E-state index contributed by atoms with van der Waals surface area (Å²) >= 11 is 0. The maximum Gasteiger partial charge on any atom is 0.317 e. The van der Waals surface area contributed by atoms with Gasteiger partial charge in [0.25, 0.3) is 0 Å². The summed E-state index contributed by atoms with van der Waals surface area (Å²) in [6, 6.07) is 21.6. The van der Waals surface area contributed by atoms with Gasteiger partial charge in [-0.1, -0.05) is 60.2 Å². The van der Waals surface area contributed by atoms with Gasteiger partial charge in [-0.3, -0.25) is 4.79 Å². The SMILES string of the molecule is CCN(Cc1cc(C)ccc1-c1cc(CC(=O)OC)ccc1OC)C(=O)NCc1ccccc1. The number of rotatable bonds is 9. The lowest BCUT2D eigenvalue weighted by molar-refractivity contribution is -0.139. The Kier molecular flexibility index (Phi) is 8.68. The van der Waals surface area contributed by atoms with Gasteiger partial charge in [0.15, 0.2) is 0 Å². The van der Waals surface area contributed by atoms with E-state index in [1.807, 2.05) is 74.5 Å². The number of carbonyl (C=O) groups excluding carboxylic acids is 2. The normalized spacial score (nSPS) is 10.5. The van der Waals surface area contributed by atoms with Crippen molar-refractivity contribution in [2.24, 2.45) is 0 Å². The lowest BCUT2D eigenvalue weighted by Crippen LogP contribution is -2.39. The van der Waals surface area contributed by atoms with Gasteiger partial charge in [0, 0.05) is 25.2 Å². The summed E-state index contributed by atoms with van der Waals surface area (Å²) in [5.41, 5.74) is 5.83. The second kappa shape index (κ2) is 11.9. The van der Waals surface area contributed by atoms with Crippen LogP contribution in [-0.2, 0) is 29.0 Å². The molecule has 0 radical (unpaired) electrons. The Bertz CT molecular complexity index is 1130. The minimum atomic E-state index is -0.299. The number of nitrogens with zero attached hydrogens (tertiary/aromatic N) is 1. The van der Waals surface area contributed by atoms with Crippen LogP contribution < -0.4 is 10.1 Å². The fraction of sp³-hybridized carbons (Fsp3) is 0.286. The van der Waals surface area contributed by atoms with Gasteiger partial charge in [0.2, 0.25) is 0 Å². The van der Waals surface area contributed by atoms with Gasteiger partial charge in [-0.15, -0.1) is 0 Å². The van der Waals surface area contributed by atoms with Crippen molar-refractivity contribution in [3.8, 4) is 16.9 Å². The van der Waals surface area contributed by atoms with Crippen molar-refractivity contribution in [2.45, 2.75) is 33.4 Å². The van der Waals surface area contributed by atoms with Crippen LogP contribution in [0.5, 0.6) is 5.75 Å². The van der Waals surface area contributed by atoms with Crippen LogP contribution in [-0.4, -0.2) is 37.7 Å². The Morgan fingerprint density at radius 1 is 0.912 bits per heavy atom. The van der Waals surface area contributed by atoms with Gasteiger partial charge in [-0.25, -0.2) is 4.79 Å². The van der Waals surface area contributed by atoms with Crippen LogP contribution in [0.25, 0.3) is 11.1 Å². The number of nitrogens with one attached hydrogen (secondary N) is 1. The molecule has 6 nitrogen and oxygen atoms in total. The van der Waals surface area contributed by atoms with Crippen molar-refractivity contribution in [3.05, 3.63) is 89.0 Å². The number of amides is 2. The van der Waals surface area contributed by atoms with E-state index in [4.69, 9.17) is 9.47 Å². The molecule has 0 aromatic heterocycles. The first-order valence-electron chi connectivity index (χ1n) is 11.4. The molecule has 34 heavy (non-hydrogen) atoms. The summed E-state index contributed by atoms with van der Waals surface area (Å²) < 4.78 is 10.5. The Labute approximate surface area is 201 Å². The predicted octanol–water partition coefficient (Wildman–Crippen LogP) is 5.12. The highest BCUT2D eigenvalue weighted by Gasteiger charge is 2.18. The molecule has 0 bridgehead atoms. The second-order valence-corrected chi connectivity index (χ2v) is 8.11. The molecule has 0 aliphatic rings. The van der Waals surface area contributed by atoms with E-state index in [9.17, 15) is 9.59 Å². The topological polar surface area (TPSA) is 67.9 Å². The van der Waals surface area contributed by atoms with Crippen LogP contribution in [0.1, 0.15) is 29.2 Å². The number of hydrogen-bond donors (Lipinski definition) is 1. The van der Waals surface area contributed by atoms with Crippen LogP contribution in [0.3, 0.4) is 0 Å². The Morgan fingerprint density at radius 3 is 2.35 bits per heavy atom. The molecular formula is C28H32N2O4. The highest BCUT2D eigenvalue weighted by Crippen LogP contribution is 2.34.